The van der Waals surface area contributed by atoms with Gasteiger partial charge in [-0.1, -0.05) is 31.7 Å². The minimum atomic E-state index is -0.562. The second-order valence-electron chi connectivity index (χ2n) is 7.63. The third-order valence-electron chi connectivity index (χ3n) is 6.29. The zero-order valence-electron chi connectivity index (χ0n) is 15.1. The summed E-state index contributed by atoms with van der Waals surface area (Å²) in [5.74, 6) is -0.906. The summed E-state index contributed by atoms with van der Waals surface area (Å²) in [6.07, 6.45) is 1.43. The maximum atomic E-state index is 13.3. The third kappa shape index (κ3) is 2.11. The minimum absolute atomic E-state index is 0. The van der Waals surface area contributed by atoms with Gasteiger partial charge in [0.25, 0.3) is 0 Å². The van der Waals surface area contributed by atoms with Gasteiger partial charge < -0.3 is 9.47 Å². The standard InChI is InChI=1S/C21H18N2O4.CH4/c1-21-9-8-14(27-21)16-17(21)20(25)23(19(16)24)13-10-15(26-3)18(22-2)12-7-5-4-6-11(12)13;/h4-7,10,14,16-17H,8-9H2,1,3H3;1H4/t14?,16-,17?,21?;/m1./s1. The number of hydrogen-bond donors (Lipinski definition) is 0. The number of rotatable bonds is 2. The van der Waals surface area contributed by atoms with E-state index in [4.69, 9.17) is 16.0 Å². The SMILES string of the molecule is C.[C-]#[N+]c1c(OC)cc(N2C(=O)C3[C@H](C2=O)C2CCC3(C)O2)c2ccccc12. The number of benzene rings is 2. The van der Waals surface area contributed by atoms with Gasteiger partial charge in [-0.2, -0.15) is 0 Å². The van der Waals surface area contributed by atoms with Gasteiger partial charge in [-0.15, -0.1) is 0 Å². The van der Waals surface area contributed by atoms with Crippen LogP contribution in [0.5, 0.6) is 5.75 Å². The predicted octanol–water partition coefficient (Wildman–Crippen LogP) is 4.09. The van der Waals surface area contributed by atoms with Crippen molar-refractivity contribution in [2.75, 3.05) is 12.0 Å². The highest BCUT2D eigenvalue weighted by molar-refractivity contribution is 6.26. The van der Waals surface area contributed by atoms with Crippen molar-refractivity contribution in [3.05, 3.63) is 41.7 Å². The van der Waals surface area contributed by atoms with Gasteiger partial charge in [-0.25, -0.2) is 9.74 Å². The molecule has 3 unspecified atom stereocenters. The molecule has 3 saturated heterocycles. The van der Waals surface area contributed by atoms with Gasteiger partial charge >= 0.3 is 0 Å². The van der Waals surface area contributed by atoms with Crippen molar-refractivity contribution < 1.29 is 19.1 Å². The van der Waals surface area contributed by atoms with E-state index in [9.17, 15) is 9.59 Å². The van der Waals surface area contributed by atoms with Crippen LogP contribution in [0, 0.1) is 18.4 Å². The number of fused-ring (bicyclic) bond motifs is 6. The van der Waals surface area contributed by atoms with Crippen molar-refractivity contribution in [1.82, 2.24) is 0 Å². The van der Waals surface area contributed by atoms with E-state index in [1.165, 1.54) is 12.0 Å². The zero-order chi connectivity index (χ0) is 18.9. The monoisotopic (exact) mass is 378 g/mol. The molecule has 2 aromatic rings. The molecule has 3 fully saturated rings. The molecule has 28 heavy (non-hydrogen) atoms. The molecule has 0 radical (unpaired) electrons. The lowest BCUT2D eigenvalue weighted by Crippen LogP contribution is -2.39. The second kappa shape index (κ2) is 6.05. The van der Waals surface area contributed by atoms with Gasteiger partial charge in [-0.3, -0.25) is 9.59 Å². The van der Waals surface area contributed by atoms with E-state index in [0.29, 0.717) is 27.9 Å². The average Bonchev–Trinajstić information content (AvgIpc) is 3.29. The average molecular weight is 378 g/mol. The molecule has 5 rings (SSSR count). The molecule has 144 valence electrons. The van der Waals surface area contributed by atoms with E-state index >= 15 is 0 Å². The zero-order valence-corrected chi connectivity index (χ0v) is 15.1. The van der Waals surface area contributed by atoms with Crippen molar-refractivity contribution in [3.63, 3.8) is 0 Å². The van der Waals surface area contributed by atoms with Crippen LogP contribution in [0.4, 0.5) is 11.4 Å². The summed E-state index contributed by atoms with van der Waals surface area (Å²) in [5, 5.41) is 1.37. The first-order valence-electron chi connectivity index (χ1n) is 9.03. The lowest BCUT2D eigenvalue weighted by Gasteiger charge is -2.26. The molecule has 2 aromatic carbocycles. The summed E-state index contributed by atoms with van der Waals surface area (Å²) in [4.78, 5) is 31.5. The molecule has 2 bridgehead atoms. The Kier molecular flexibility index (Phi) is 3.98. The molecule has 6 heteroatoms. The lowest BCUT2D eigenvalue weighted by molar-refractivity contribution is -0.126. The van der Waals surface area contributed by atoms with Crippen molar-refractivity contribution in [2.24, 2.45) is 11.8 Å². The number of methoxy groups -OCH3 is 1. The van der Waals surface area contributed by atoms with Crippen LogP contribution < -0.4 is 9.64 Å². The van der Waals surface area contributed by atoms with Crippen LogP contribution in [0.1, 0.15) is 27.2 Å². The predicted molar refractivity (Wildman–Crippen MR) is 105 cm³/mol. The summed E-state index contributed by atoms with van der Waals surface area (Å²) < 4.78 is 11.4. The molecular weight excluding hydrogens is 356 g/mol. The van der Waals surface area contributed by atoms with Crippen LogP contribution in [0.15, 0.2) is 30.3 Å². The Hall–Kier alpha value is -2.91. The summed E-state index contributed by atoms with van der Waals surface area (Å²) >= 11 is 0. The molecule has 0 saturated carbocycles. The molecule has 4 atom stereocenters. The third-order valence-corrected chi connectivity index (χ3v) is 6.29. The molecule has 3 heterocycles. The Balaban J connectivity index is 0.00000192. The fourth-order valence-electron chi connectivity index (χ4n) is 5.09. The quantitative estimate of drug-likeness (QED) is 0.583. The summed E-state index contributed by atoms with van der Waals surface area (Å²) in [7, 11) is 1.49. The number of imide groups is 1. The van der Waals surface area contributed by atoms with Crippen molar-refractivity contribution in [1.29, 1.82) is 0 Å². The first-order chi connectivity index (χ1) is 13.0. The van der Waals surface area contributed by atoms with E-state index in [1.807, 2.05) is 31.2 Å². The number of carbonyl (C=O) groups is 2. The topological polar surface area (TPSA) is 60.2 Å². The minimum Gasteiger partial charge on any atom is -0.508 e. The number of nitrogens with zero attached hydrogens (tertiary/aromatic N) is 2. The van der Waals surface area contributed by atoms with Gasteiger partial charge in [0.2, 0.25) is 17.5 Å². The van der Waals surface area contributed by atoms with Gasteiger partial charge in [0.05, 0.1) is 42.9 Å². The summed E-state index contributed by atoms with van der Waals surface area (Å²) in [6, 6.07) is 8.95. The van der Waals surface area contributed by atoms with Crippen molar-refractivity contribution >= 4 is 34.0 Å². The van der Waals surface area contributed by atoms with Gasteiger partial charge in [0.15, 0.2) is 0 Å². The molecule has 0 N–H and O–H groups in total. The number of hydrogen-bond acceptors (Lipinski definition) is 4. The van der Waals surface area contributed by atoms with Crippen LogP contribution in [0.2, 0.25) is 0 Å². The first-order valence-corrected chi connectivity index (χ1v) is 9.03. The van der Waals surface area contributed by atoms with Crippen LogP contribution in [-0.2, 0) is 14.3 Å². The molecule has 3 aliphatic rings. The molecule has 3 aliphatic heterocycles. The molecule has 0 aliphatic carbocycles. The summed E-state index contributed by atoms with van der Waals surface area (Å²) in [6.45, 7) is 9.44. The van der Waals surface area contributed by atoms with Gasteiger partial charge in [0.1, 0.15) is 5.75 Å². The Morgan fingerprint density at radius 1 is 1.25 bits per heavy atom. The maximum absolute atomic E-state index is 13.3. The van der Waals surface area contributed by atoms with E-state index in [1.54, 1.807) is 6.07 Å². The van der Waals surface area contributed by atoms with Crippen LogP contribution in [0.3, 0.4) is 0 Å². The van der Waals surface area contributed by atoms with E-state index < -0.39 is 17.4 Å². The molecule has 0 aromatic heterocycles. The Labute approximate surface area is 163 Å². The highest BCUT2D eigenvalue weighted by atomic mass is 16.5. The molecule has 2 amide bonds. The molecular formula is C22H22N2O4. The van der Waals surface area contributed by atoms with E-state index in [-0.39, 0.29) is 25.3 Å². The smallest absolute Gasteiger partial charge is 0.240 e. The normalized spacial score (nSPS) is 30.3. The van der Waals surface area contributed by atoms with Gasteiger partial charge in [0, 0.05) is 0 Å². The van der Waals surface area contributed by atoms with E-state index in [0.717, 1.165) is 12.8 Å². The maximum Gasteiger partial charge on any atom is 0.240 e. The van der Waals surface area contributed by atoms with Crippen LogP contribution in [-0.4, -0.2) is 30.6 Å². The second-order valence-corrected chi connectivity index (χ2v) is 7.63. The Morgan fingerprint density at radius 3 is 2.61 bits per heavy atom. The van der Waals surface area contributed by atoms with Gasteiger partial charge in [-0.05, 0) is 36.6 Å². The van der Waals surface area contributed by atoms with Crippen molar-refractivity contribution in [3.8, 4) is 5.75 Å². The number of ether oxygens (including phenoxy) is 2. The highest BCUT2D eigenvalue weighted by Gasteiger charge is 2.67. The molecule has 0 spiro atoms. The fraction of sp³-hybridized carbons (Fsp3) is 0.409. The van der Waals surface area contributed by atoms with E-state index in [2.05, 4.69) is 4.85 Å². The number of carbonyl (C=O) groups excluding carboxylic acids is 2. The fourth-order valence-corrected chi connectivity index (χ4v) is 5.09. The lowest BCUT2D eigenvalue weighted by atomic mass is 9.74. The Morgan fingerprint density at radius 2 is 1.96 bits per heavy atom. The van der Waals surface area contributed by atoms with Crippen molar-refractivity contribution in [2.45, 2.75) is 38.9 Å². The largest absolute Gasteiger partial charge is 0.508 e. The van der Waals surface area contributed by atoms with Crippen LogP contribution in [0.25, 0.3) is 15.6 Å². The first kappa shape index (κ1) is 18.5. The Bertz CT molecular complexity index is 1060. The summed E-state index contributed by atoms with van der Waals surface area (Å²) in [5.41, 5.74) is 0.307. The molecule has 6 nitrogen and oxygen atoms in total. The number of amides is 2. The number of anilines is 1. The highest BCUT2D eigenvalue weighted by Crippen LogP contribution is 2.56. The van der Waals surface area contributed by atoms with Crippen LogP contribution >= 0.6 is 0 Å².